The van der Waals surface area contributed by atoms with E-state index in [0.717, 1.165) is 50.1 Å². The molecule has 0 saturated carbocycles. The van der Waals surface area contributed by atoms with E-state index >= 15 is 0 Å². The predicted octanol–water partition coefficient (Wildman–Crippen LogP) is 15.0. The van der Waals surface area contributed by atoms with Gasteiger partial charge < -0.3 is 9.32 Å². The molecule has 1 aromatic heterocycles. The zero-order chi connectivity index (χ0) is 37.8. The molecule has 2 aliphatic carbocycles. The number of hydrogen-bond donors (Lipinski definition) is 0. The molecule has 8 aromatic carbocycles. The molecule has 0 atom stereocenters. The fraction of sp³-hybridized carbons (Fsp3) is 0.111. The second-order valence-electron chi connectivity index (χ2n) is 16.5. The lowest BCUT2D eigenvalue weighted by Gasteiger charge is -2.28. The van der Waals surface area contributed by atoms with Gasteiger partial charge in [-0.1, -0.05) is 161 Å². The van der Waals surface area contributed by atoms with Crippen LogP contribution >= 0.6 is 0 Å². The number of anilines is 3. The smallest absolute Gasteiger partial charge is 0.143 e. The molecule has 0 aliphatic heterocycles. The Morgan fingerprint density at radius 2 is 0.875 bits per heavy atom. The molecule has 0 amide bonds. The molecule has 0 unspecified atom stereocenters. The zero-order valence-corrected chi connectivity index (χ0v) is 32.1. The number of hydrogen-bond acceptors (Lipinski definition) is 2. The minimum Gasteiger partial charge on any atom is -0.455 e. The van der Waals surface area contributed by atoms with Gasteiger partial charge in [0.05, 0.1) is 0 Å². The first kappa shape index (κ1) is 32.8. The highest BCUT2D eigenvalue weighted by Crippen LogP contribution is 2.53. The van der Waals surface area contributed by atoms with E-state index in [0.29, 0.717) is 0 Å². The van der Waals surface area contributed by atoms with Crippen molar-refractivity contribution < 1.29 is 4.42 Å². The van der Waals surface area contributed by atoms with Gasteiger partial charge in [0.2, 0.25) is 0 Å². The van der Waals surface area contributed by atoms with E-state index in [1.54, 1.807) is 0 Å². The van der Waals surface area contributed by atoms with E-state index in [-0.39, 0.29) is 10.8 Å². The first-order valence-corrected chi connectivity index (χ1v) is 19.7. The maximum atomic E-state index is 6.44. The molecule has 268 valence electrons. The van der Waals surface area contributed by atoms with Gasteiger partial charge in [-0.15, -0.1) is 0 Å². The summed E-state index contributed by atoms with van der Waals surface area (Å²) in [6.45, 7) is 9.40. The Hall–Kier alpha value is -6.64. The number of fused-ring (bicyclic) bond motifs is 9. The van der Waals surface area contributed by atoms with Gasteiger partial charge in [0, 0.05) is 44.2 Å². The fourth-order valence-corrected chi connectivity index (χ4v) is 9.83. The minimum atomic E-state index is -0.107. The standard InChI is InChI=1S/C54H41NO/c1-53(2)47-20-9-6-15-45(47)51-39(16-12-21-48(51)53)34-23-27-36(28-24-34)55(38-31-32-42-41-13-5-8-19-46(41)54(3,4)49(42)33-38)37-29-25-35(26-30-37)40-17-11-18-44-43-14-7-10-22-50(43)56-52(40)44/h5-33H,1-4H3. The van der Waals surface area contributed by atoms with Gasteiger partial charge in [-0.3, -0.25) is 0 Å². The molecule has 9 aromatic rings. The summed E-state index contributed by atoms with van der Waals surface area (Å²) in [6, 6.07) is 64.5. The van der Waals surface area contributed by atoms with Crippen LogP contribution in [0.4, 0.5) is 17.1 Å². The average Bonchev–Trinajstić information content (AvgIpc) is 3.81. The molecular weight excluding hydrogens is 679 g/mol. The van der Waals surface area contributed by atoms with Crippen molar-refractivity contribution in [1.29, 1.82) is 0 Å². The van der Waals surface area contributed by atoms with Crippen molar-refractivity contribution in [3.8, 4) is 44.5 Å². The summed E-state index contributed by atoms with van der Waals surface area (Å²) in [5.74, 6) is 0. The molecule has 11 rings (SSSR count). The molecule has 2 heteroatoms. The van der Waals surface area contributed by atoms with E-state index in [4.69, 9.17) is 4.42 Å². The maximum Gasteiger partial charge on any atom is 0.143 e. The first-order valence-electron chi connectivity index (χ1n) is 19.7. The van der Waals surface area contributed by atoms with Crippen LogP contribution in [-0.4, -0.2) is 0 Å². The Morgan fingerprint density at radius 1 is 0.375 bits per heavy atom. The number of para-hydroxylation sites is 2. The number of nitrogens with zero attached hydrogens (tertiary/aromatic N) is 1. The van der Waals surface area contributed by atoms with Gasteiger partial charge in [-0.05, 0) is 104 Å². The minimum absolute atomic E-state index is 0.0399. The third-order valence-electron chi connectivity index (χ3n) is 12.7. The van der Waals surface area contributed by atoms with Crippen molar-refractivity contribution >= 4 is 39.0 Å². The van der Waals surface area contributed by atoms with Gasteiger partial charge in [0.15, 0.2) is 0 Å². The summed E-state index contributed by atoms with van der Waals surface area (Å²) in [5, 5.41) is 2.28. The van der Waals surface area contributed by atoms with Crippen LogP contribution in [0.25, 0.3) is 66.4 Å². The van der Waals surface area contributed by atoms with Crippen LogP contribution < -0.4 is 4.90 Å². The third kappa shape index (κ3) is 4.69. The fourth-order valence-electron chi connectivity index (χ4n) is 9.83. The predicted molar refractivity (Wildman–Crippen MR) is 234 cm³/mol. The van der Waals surface area contributed by atoms with Crippen LogP contribution in [-0.2, 0) is 10.8 Å². The van der Waals surface area contributed by atoms with Gasteiger partial charge in [0.25, 0.3) is 0 Å². The number of rotatable bonds is 5. The van der Waals surface area contributed by atoms with Crippen molar-refractivity contribution in [2.45, 2.75) is 38.5 Å². The van der Waals surface area contributed by atoms with Crippen LogP contribution in [0.5, 0.6) is 0 Å². The lowest BCUT2D eigenvalue weighted by Crippen LogP contribution is -2.16. The Kier molecular flexibility index (Phi) is 6.98. The Labute approximate surface area is 328 Å². The van der Waals surface area contributed by atoms with Crippen LogP contribution in [0.1, 0.15) is 49.9 Å². The van der Waals surface area contributed by atoms with E-state index < -0.39 is 0 Å². The van der Waals surface area contributed by atoms with Crippen LogP contribution in [0.15, 0.2) is 180 Å². The van der Waals surface area contributed by atoms with E-state index in [1.165, 1.54) is 55.6 Å². The second-order valence-corrected chi connectivity index (χ2v) is 16.5. The topological polar surface area (TPSA) is 16.4 Å². The molecule has 0 fully saturated rings. The molecule has 56 heavy (non-hydrogen) atoms. The molecule has 2 aliphatic rings. The number of furan rings is 1. The molecule has 0 saturated heterocycles. The monoisotopic (exact) mass is 719 g/mol. The molecule has 0 bridgehead atoms. The third-order valence-corrected chi connectivity index (χ3v) is 12.7. The highest BCUT2D eigenvalue weighted by Gasteiger charge is 2.37. The zero-order valence-electron chi connectivity index (χ0n) is 32.1. The molecule has 0 N–H and O–H groups in total. The maximum absolute atomic E-state index is 6.44. The summed E-state index contributed by atoms with van der Waals surface area (Å²) in [7, 11) is 0. The van der Waals surface area contributed by atoms with Crippen LogP contribution in [0, 0.1) is 0 Å². The highest BCUT2D eigenvalue weighted by atomic mass is 16.3. The van der Waals surface area contributed by atoms with E-state index in [1.807, 2.05) is 12.1 Å². The Morgan fingerprint density at radius 3 is 1.62 bits per heavy atom. The lowest BCUT2D eigenvalue weighted by molar-refractivity contribution is 0.660. The van der Waals surface area contributed by atoms with Crippen molar-refractivity contribution in [1.82, 2.24) is 0 Å². The molecular formula is C54H41NO. The van der Waals surface area contributed by atoms with E-state index in [9.17, 15) is 0 Å². The second kappa shape index (κ2) is 11.9. The summed E-state index contributed by atoms with van der Waals surface area (Å²) < 4.78 is 6.44. The lowest BCUT2D eigenvalue weighted by atomic mass is 9.82. The van der Waals surface area contributed by atoms with Crippen molar-refractivity contribution in [2.75, 3.05) is 4.90 Å². The average molecular weight is 720 g/mol. The van der Waals surface area contributed by atoms with Crippen molar-refractivity contribution in [3.05, 3.63) is 198 Å². The van der Waals surface area contributed by atoms with Gasteiger partial charge in [0.1, 0.15) is 11.2 Å². The van der Waals surface area contributed by atoms with Gasteiger partial charge in [-0.25, -0.2) is 0 Å². The SMILES string of the molecule is CC1(C)c2ccccc2-c2ccc(N(c3ccc(-c4cccc5c4-c4ccccc4C5(C)C)cc3)c3ccc(-c4cccc5c4oc4ccccc45)cc3)cc21. The van der Waals surface area contributed by atoms with Gasteiger partial charge >= 0.3 is 0 Å². The molecule has 0 spiro atoms. The van der Waals surface area contributed by atoms with Crippen molar-refractivity contribution in [2.24, 2.45) is 0 Å². The van der Waals surface area contributed by atoms with Crippen LogP contribution in [0.3, 0.4) is 0 Å². The normalized spacial score (nSPS) is 14.4. The number of benzene rings is 8. The largest absolute Gasteiger partial charge is 0.455 e. The highest BCUT2D eigenvalue weighted by molar-refractivity contribution is 6.09. The van der Waals surface area contributed by atoms with Crippen molar-refractivity contribution in [3.63, 3.8) is 0 Å². The van der Waals surface area contributed by atoms with E-state index in [2.05, 4.69) is 196 Å². The van der Waals surface area contributed by atoms with Gasteiger partial charge in [-0.2, -0.15) is 0 Å². The quantitative estimate of drug-likeness (QED) is 0.176. The molecule has 1 heterocycles. The first-order chi connectivity index (χ1) is 27.3. The summed E-state index contributed by atoms with van der Waals surface area (Å²) in [6.07, 6.45) is 0. The summed E-state index contributed by atoms with van der Waals surface area (Å²) in [4.78, 5) is 2.41. The molecule has 0 radical (unpaired) electrons. The Balaban J connectivity index is 1.04. The summed E-state index contributed by atoms with van der Waals surface area (Å²) in [5.41, 5.74) is 20.6. The van der Waals surface area contributed by atoms with Crippen LogP contribution in [0.2, 0.25) is 0 Å². The molecule has 2 nitrogen and oxygen atoms in total. The summed E-state index contributed by atoms with van der Waals surface area (Å²) >= 11 is 0. The Bertz CT molecular complexity index is 3010.